The molecule has 0 radical (unpaired) electrons. The van der Waals surface area contributed by atoms with Gasteiger partial charge in [0.1, 0.15) is 29.1 Å². The lowest BCUT2D eigenvalue weighted by Gasteiger charge is -2.28. The fraction of sp³-hybridized carbons (Fsp3) is 0.412. The fourth-order valence-electron chi connectivity index (χ4n) is 2.78. The summed E-state index contributed by atoms with van der Waals surface area (Å²) in [6.45, 7) is 4.56. The second kappa shape index (κ2) is 8.76. The molecule has 0 atom stereocenters. The van der Waals surface area contributed by atoms with Crippen molar-refractivity contribution in [1.29, 1.82) is 0 Å². The van der Waals surface area contributed by atoms with Crippen molar-refractivity contribution in [2.75, 3.05) is 49.6 Å². The number of rotatable bonds is 7. The number of nitrogens with one attached hydrogen (secondary N) is 2. The monoisotopic (exact) mass is 413 g/mol. The molecule has 2 heterocycles. The van der Waals surface area contributed by atoms with Gasteiger partial charge in [-0.3, -0.25) is 0 Å². The van der Waals surface area contributed by atoms with E-state index in [9.17, 15) is 17.2 Å². The lowest BCUT2D eigenvalue weighted by molar-refractivity contribution is 0.122. The smallest absolute Gasteiger partial charge is 0.246 e. The first-order chi connectivity index (χ1) is 13.4. The van der Waals surface area contributed by atoms with Gasteiger partial charge in [0.05, 0.1) is 13.2 Å². The lowest BCUT2D eigenvalue weighted by Crippen LogP contribution is -2.37. The van der Waals surface area contributed by atoms with E-state index >= 15 is 0 Å². The number of ether oxygens (including phenoxy) is 1. The van der Waals surface area contributed by atoms with E-state index in [0.717, 1.165) is 37.1 Å². The zero-order chi connectivity index (χ0) is 20.1. The van der Waals surface area contributed by atoms with Crippen molar-refractivity contribution in [3.8, 4) is 0 Å². The zero-order valence-electron chi connectivity index (χ0n) is 15.3. The summed E-state index contributed by atoms with van der Waals surface area (Å²) in [5.41, 5.74) is 0. The van der Waals surface area contributed by atoms with Gasteiger partial charge in [-0.25, -0.2) is 31.9 Å². The average molecular weight is 413 g/mol. The highest BCUT2D eigenvalue weighted by Gasteiger charge is 2.23. The molecule has 0 unspecified atom stereocenters. The molecule has 0 spiro atoms. The third kappa shape index (κ3) is 4.91. The Kier molecular flexibility index (Phi) is 6.37. The van der Waals surface area contributed by atoms with Crippen LogP contribution < -0.4 is 14.9 Å². The van der Waals surface area contributed by atoms with E-state index in [1.807, 2.05) is 0 Å². The van der Waals surface area contributed by atoms with Crippen molar-refractivity contribution in [1.82, 2.24) is 14.7 Å². The number of hydrogen-bond donors (Lipinski definition) is 2. The van der Waals surface area contributed by atoms with Gasteiger partial charge in [0.15, 0.2) is 4.90 Å². The average Bonchev–Trinajstić information content (AvgIpc) is 2.65. The van der Waals surface area contributed by atoms with Crippen LogP contribution in [0.1, 0.15) is 5.82 Å². The summed E-state index contributed by atoms with van der Waals surface area (Å²) in [5, 5.41) is 2.99. The summed E-state index contributed by atoms with van der Waals surface area (Å²) < 4.78 is 59.1. The molecule has 1 fully saturated rings. The van der Waals surface area contributed by atoms with Gasteiger partial charge in [0, 0.05) is 32.2 Å². The van der Waals surface area contributed by atoms with Gasteiger partial charge >= 0.3 is 0 Å². The minimum Gasteiger partial charge on any atom is -0.378 e. The highest BCUT2D eigenvalue weighted by atomic mass is 32.2. The minimum absolute atomic E-state index is 0.0773. The first-order valence-corrected chi connectivity index (χ1v) is 10.2. The van der Waals surface area contributed by atoms with Gasteiger partial charge in [-0.15, -0.1) is 0 Å². The Morgan fingerprint density at radius 2 is 1.82 bits per heavy atom. The van der Waals surface area contributed by atoms with Crippen LogP contribution in [0.3, 0.4) is 0 Å². The molecular formula is C17H21F2N5O3S. The lowest BCUT2D eigenvalue weighted by atomic mass is 10.3. The SMILES string of the molecule is Cc1nc(NCCNS(=O)(=O)c2c(F)cccc2F)cc(N2CCOCC2)n1. The Hall–Kier alpha value is -2.37. The number of sulfonamides is 1. The first kappa shape index (κ1) is 20.4. The Labute approximate surface area is 162 Å². The third-order valence-corrected chi connectivity index (χ3v) is 5.58. The number of morpholine rings is 1. The normalized spacial score (nSPS) is 14.9. The van der Waals surface area contributed by atoms with Crippen molar-refractivity contribution >= 4 is 21.7 Å². The summed E-state index contributed by atoms with van der Waals surface area (Å²) in [4.78, 5) is 9.77. The van der Waals surface area contributed by atoms with Gasteiger partial charge < -0.3 is 15.0 Å². The summed E-state index contributed by atoms with van der Waals surface area (Å²) in [7, 11) is -4.30. The van der Waals surface area contributed by atoms with Gasteiger partial charge in [-0.2, -0.15) is 0 Å². The third-order valence-electron chi connectivity index (χ3n) is 4.07. The van der Waals surface area contributed by atoms with Crippen molar-refractivity contribution < 1.29 is 21.9 Å². The molecule has 0 aliphatic carbocycles. The molecule has 0 bridgehead atoms. The topological polar surface area (TPSA) is 96.5 Å². The summed E-state index contributed by atoms with van der Waals surface area (Å²) in [6, 6.07) is 4.66. The quantitative estimate of drug-likeness (QED) is 0.661. The molecule has 2 N–H and O–H groups in total. The van der Waals surface area contributed by atoms with E-state index < -0.39 is 26.6 Å². The number of anilines is 2. The summed E-state index contributed by atoms with van der Waals surface area (Å²) >= 11 is 0. The molecule has 2 aromatic rings. The molecule has 1 aliphatic heterocycles. The highest BCUT2D eigenvalue weighted by molar-refractivity contribution is 7.89. The Morgan fingerprint density at radius 1 is 1.14 bits per heavy atom. The maximum absolute atomic E-state index is 13.7. The predicted molar refractivity (Wildman–Crippen MR) is 99.8 cm³/mol. The molecule has 8 nitrogen and oxygen atoms in total. The number of aryl methyl sites for hydroxylation is 1. The molecular weight excluding hydrogens is 392 g/mol. The minimum atomic E-state index is -4.30. The standard InChI is InChI=1S/C17H21F2N5O3S/c1-12-22-15(11-16(23-12)24-7-9-27-10-8-24)20-5-6-21-28(25,26)17-13(18)3-2-4-14(17)19/h2-4,11,21H,5-10H2,1H3,(H,20,22,23). The molecule has 3 rings (SSSR count). The Balaban J connectivity index is 1.60. The maximum atomic E-state index is 13.7. The van der Waals surface area contributed by atoms with Crippen LogP contribution in [-0.2, 0) is 14.8 Å². The van der Waals surface area contributed by atoms with E-state index in [1.54, 1.807) is 13.0 Å². The van der Waals surface area contributed by atoms with Crippen LogP contribution >= 0.6 is 0 Å². The molecule has 1 aromatic heterocycles. The van der Waals surface area contributed by atoms with Gasteiger partial charge in [-0.05, 0) is 19.1 Å². The van der Waals surface area contributed by atoms with Gasteiger partial charge in [0.2, 0.25) is 10.0 Å². The van der Waals surface area contributed by atoms with E-state index in [2.05, 4.69) is 24.9 Å². The number of halogens is 2. The number of hydrogen-bond acceptors (Lipinski definition) is 7. The van der Waals surface area contributed by atoms with Crippen LogP contribution in [0.2, 0.25) is 0 Å². The molecule has 1 aromatic carbocycles. The van der Waals surface area contributed by atoms with Crippen LogP contribution in [0.5, 0.6) is 0 Å². The maximum Gasteiger partial charge on any atom is 0.246 e. The van der Waals surface area contributed by atoms with Crippen LogP contribution in [0, 0.1) is 18.6 Å². The van der Waals surface area contributed by atoms with Crippen LogP contribution in [-0.4, -0.2) is 57.8 Å². The van der Waals surface area contributed by atoms with E-state index in [4.69, 9.17) is 4.74 Å². The van der Waals surface area contributed by atoms with Crippen LogP contribution in [0.4, 0.5) is 20.4 Å². The molecule has 1 aliphatic rings. The molecule has 1 saturated heterocycles. The summed E-state index contributed by atoms with van der Waals surface area (Å²) in [5.74, 6) is -0.415. The van der Waals surface area contributed by atoms with Crippen LogP contribution in [0.25, 0.3) is 0 Å². The van der Waals surface area contributed by atoms with Crippen molar-refractivity contribution in [3.63, 3.8) is 0 Å². The van der Waals surface area contributed by atoms with Crippen LogP contribution in [0.15, 0.2) is 29.2 Å². The van der Waals surface area contributed by atoms with E-state index in [1.165, 1.54) is 0 Å². The van der Waals surface area contributed by atoms with Gasteiger partial charge in [0.25, 0.3) is 0 Å². The highest BCUT2D eigenvalue weighted by Crippen LogP contribution is 2.18. The second-order valence-corrected chi connectivity index (χ2v) is 7.84. The zero-order valence-corrected chi connectivity index (χ0v) is 16.1. The first-order valence-electron chi connectivity index (χ1n) is 8.73. The molecule has 0 amide bonds. The van der Waals surface area contributed by atoms with E-state index in [0.29, 0.717) is 24.9 Å². The van der Waals surface area contributed by atoms with Crippen molar-refractivity contribution in [2.24, 2.45) is 0 Å². The molecule has 11 heteroatoms. The molecule has 0 saturated carbocycles. The second-order valence-electron chi connectivity index (χ2n) is 6.13. The van der Waals surface area contributed by atoms with Gasteiger partial charge in [-0.1, -0.05) is 6.07 Å². The largest absolute Gasteiger partial charge is 0.378 e. The summed E-state index contributed by atoms with van der Waals surface area (Å²) in [6.07, 6.45) is 0. The Morgan fingerprint density at radius 3 is 2.50 bits per heavy atom. The van der Waals surface area contributed by atoms with Crippen molar-refractivity contribution in [3.05, 3.63) is 41.7 Å². The molecule has 152 valence electrons. The fourth-order valence-corrected chi connectivity index (χ4v) is 3.95. The number of aromatic nitrogens is 2. The van der Waals surface area contributed by atoms with Crippen molar-refractivity contribution in [2.45, 2.75) is 11.8 Å². The number of benzene rings is 1. The predicted octanol–water partition coefficient (Wildman–Crippen LogP) is 1.29. The number of nitrogens with zero attached hydrogens (tertiary/aromatic N) is 3. The van der Waals surface area contributed by atoms with E-state index in [-0.39, 0.29) is 13.1 Å². The Bertz CT molecular complexity index is 916. The molecule has 28 heavy (non-hydrogen) atoms.